The van der Waals surface area contributed by atoms with Gasteiger partial charge in [0.15, 0.2) is 5.82 Å². The number of imidazole rings is 1. The van der Waals surface area contributed by atoms with Crippen LogP contribution in [0, 0.1) is 11.7 Å². The molecule has 2 atom stereocenters. The number of hydrogen-bond acceptors (Lipinski definition) is 2. The first-order valence-electron chi connectivity index (χ1n) is 7.01. The molecule has 2 unspecified atom stereocenters. The van der Waals surface area contributed by atoms with Crippen LogP contribution in [0.2, 0.25) is 0 Å². The number of nitrogens with zero attached hydrogens (tertiary/aromatic N) is 3. The maximum absolute atomic E-state index is 13.9. The molecule has 1 aliphatic rings. The molecule has 0 amide bonds. The number of benzene rings is 1. The first-order chi connectivity index (χ1) is 9.61. The third-order valence-electron chi connectivity index (χ3n) is 4.26. The highest BCUT2D eigenvalue weighted by Gasteiger charge is 2.29. The van der Waals surface area contributed by atoms with Crippen LogP contribution in [-0.4, -0.2) is 34.6 Å². The van der Waals surface area contributed by atoms with Gasteiger partial charge < -0.3 is 9.47 Å². The van der Waals surface area contributed by atoms with Gasteiger partial charge in [-0.15, -0.1) is 11.6 Å². The monoisotopic (exact) mass is 295 g/mol. The maximum Gasteiger partial charge on any atom is 0.151 e. The molecule has 0 saturated carbocycles. The second-order valence-electron chi connectivity index (χ2n) is 5.73. The van der Waals surface area contributed by atoms with Crippen LogP contribution in [0.1, 0.15) is 25.2 Å². The summed E-state index contributed by atoms with van der Waals surface area (Å²) in [5.41, 5.74) is 1.30. The van der Waals surface area contributed by atoms with Crippen molar-refractivity contribution in [1.29, 1.82) is 0 Å². The van der Waals surface area contributed by atoms with Gasteiger partial charge in [-0.25, -0.2) is 9.37 Å². The fraction of sp³-hybridized carbons (Fsp3) is 0.533. The molecule has 1 fully saturated rings. The van der Waals surface area contributed by atoms with Crippen LogP contribution in [0.25, 0.3) is 11.0 Å². The Labute approximate surface area is 123 Å². The number of hydrogen-bond donors (Lipinski definition) is 0. The minimum absolute atomic E-state index is 0.270. The van der Waals surface area contributed by atoms with Gasteiger partial charge in [-0.1, -0.05) is 13.0 Å². The van der Waals surface area contributed by atoms with Gasteiger partial charge in [0.2, 0.25) is 0 Å². The molecule has 1 aromatic carbocycles. The van der Waals surface area contributed by atoms with Gasteiger partial charge in [-0.2, -0.15) is 0 Å². The van der Waals surface area contributed by atoms with Crippen molar-refractivity contribution < 1.29 is 4.39 Å². The van der Waals surface area contributed by atoms with Gasteiger partial charge in [-0.3, -0.25) is 0 Å². The SMILES string of the molecule is CC1CN(C)CCC1n1c(CCl)nc2c(F)cccc21. The predicted molar refractivity (Wildman–Crippen MR) is 79.6 cm³/mol. The topological polar surface area (TPSA) is 21.1 Å². The van der Waals surface area contributed by atoms with Crippen molar-refractivity contribution in [1.82, 2.24) is 14.5 Å². The number of piperidine rings is 1. The van der Waals surface area contributed by atoms with Crippen molar-refractivity contribution in [2.75, 3.05) is 20.1 Å². The van der Waals surface area contributed by atoms with E-state index in [1.54, 1.807) is 6.07 Å². The summed E-state index contributed by atoms with van der Waals surface area (Å²) in [5, 5.41) is 0. The van der Waals surface area contributed by atoms with E-state index in [1.807, 2.05) is 6.07 Å². The number of rotatable bonds is 2. The fourth-order valence-electron chi connectivity index (χ4n) is 3.32. The Bertz CT molecular complexity index is 625. The zero-order valence-corrected chi connectivity index (χ0v) is 12.6. The van der Waals surface area contributed by atoms with Gasteiger partial charge >= 0.3 is 0 Å². The van der Waals surface area contributed by atoms with E-state index in [9.17, 15) is 4.39 Å². The molecule has 108 valence electrons. The van der Waals surface area contributed by atoms with E-state index in [1.165, 1.54) is 6.07 Å². The summed E-state index contributed by atoms with van der Waals surface area (Å²) >= 11 is 6.04. The molecule has 3 nitrogen and oxygen atoms in total. The number of fused-ring (bicyclic) bond motifs is 1. The third-order valence-corrected chi connectivity index (χ3v) is 4.50. The van der Waals surface area contributed by atoms with Crippen molar-refractivity contribution in [3.63, 3.8) is 0 Å². The first-order valence-corrected chi connectivity index (χ1v) is 7.55. The predicted octanol–water partition coefficient (Wildman–Crippen LogP) is 3.43. The Balaban J connectivity index is 2.12. The molecule has 2 heterocycles. The Morgan fingerprint density at radius 2 is 2.25 bits per heavy atom. The van der Waals surface area contributed by atoms with Crippen molar-refractivity contribution in [3.05, 3.63) is 29.8 Å². The maximum atomic E-state index is 13.9. The average molecular weight is 296 g/mol. The van der Waals surface area contributed by atoms with Crippen molar-refractivity contribution >= 4 is 22.6 Å². The van der Waals surface area contributed by atoms with Gasteiger partial charge in [-0.05, 0) is 38.1 Å². The summed E-state index contributed by atoms with van der Waals surface area (Å²) in [6.45, 7) is 4.33. The molecule has 20 heavy (non-hydrogen) atoms. The molecule has 0 aliphatic carbocycles. The van der Waals surface area contributed by atoms with Crippen LogP contribution < -0.4 is 0 Å². The second-order valence-corrected chi connectivity index (χ2v) is 6.00. The first kappa shape index (κ1) is 13.8. The van der Waals surface area contributed by atoms with Crippen LogP contribution in [-0.2, 0) is 5.88 Å². The molecule has 1 aliphatic heterocycles. The lowest BCUT2D eigenvalue weighted by Gasteiger charge is -2.36. The smallest absolute Gasteiger partial charge is 0.151 e. The number of aromatic nitrogens is 2. The minimum Gasteiger partial charge on any atom is -0.323 e. The largest absolute Gasteiger partial charge is 0.323 e. The van der Waals surface area contributed by atoms with E-state index in [2.05, 4.69) is 28.4 Å². The Kier molecular flexibility index (Phi) is 3.69. The number of likely N-dealkylation sites (tertiary alicyclic amines) is 1. The summed E-state index contributed by atoms with van der Waals surface area (Å²) in [5.74, 6) is 1.31. The zero-order valence-electron chi connectivity index (χ0n) is 11.8. The molecule has 0 spiro atoms. The van der Waals surface area contributed by atoms with Crippen LogP contribution in [0.5, 0.6) is 0 Å². The van der Waals surface area contributed by atoms with Crippen LogP contribution in [0.3, 0.4) is 0 Å². The van der Waals surface area contributed by atoms with E-state index in [0.29, 0.717) is 23.4 Å². The lowest BCUT2D eigenvalue weighted by Crippen LogP contribution is -2.38. The summed E-state index contributed by atoms with van der Waals surface area (Å²) in [7, 11) is 2.14. The molecule has 0 radical (unpaired) electrons. The normalized spacial score (nSPS) is 24.4. The van der Waals surface area contributed by atoms with Crippen LogP contribution in [0.15, 0.2) is 18.2 Å². The highest BCUT2D eigenvalue weighted by molar-refractivity contribution is 6.16. The molecular formula is C15H19ClFN3. The lowest BCUT2D eigenvalue weighted by atomic mass is 9.93. The molecule has 3 rings (SSSR count). The molecule has 2 aromatic rings. The highest BCUT2D eigenvalue weighted by Crippen LogP contribution is 2.33. The van der Waals surface area contributed by atoms with Gasteiger partial charge in [0.25, 0.3) is 0 Å². The molecular weight excluding hydrogens is 277 g/mol. The molecule has 0 N–H and O–H groups in total. The summed E-state index contributed by atoms with van der Waals surface area (Å²) in [4.78, 5) is 6.74. The molecule has 1 aromatic heterocycles. The zero-order chi connectivity index (χ0) is 14.3. The van der Waals surface area contributed by atoms with Crippen LogP contribution >= 0.6 is 11.6 Å². The minimum atomic E-state index is -0.270. The average Bonchev–Trinajstić information content (AvgIpc) is 2.79. The number of halogens is 2. The molecule has 5 heteroatoms. The van der Waals surface area contributed by atoms with Crippen molar-refractivity contribution in [2.24, 2.45) is 5.92 Å². The quantitative estimate of drug-likeness (QED) is 0.792. The Morgan fingerprint density at radius 3 is 2.95 bits per heavy atom. The summed E-state index contributed by atoms with van der Waals surface area (Å²) in [6.07, 6.45) is 1.05. The fourth-order valence-corrected chi connectivity index (χ4v) is 3.51. The Hall–Kier alpha value is -1.13. The van der Waals surface area contributed by atoms with E-state index in [4.69, 9.17) is 11.6 Å². The lowest BCUT2D eigenvalue weighted by molar-refractivity contribution is 0.160. The van der Waals surface area contributed by atoms with Crippen molar-refractivity contribution in [3.8, 4) is 0 Å². The summed E-state index contributed by atoms with van der Waals surface area (Å²) < 4.78 is 16.1. The van der Waals surface area contributed by atoms with Crippen LogP contribution in [0.4, 0.5) is 4.39 Å². The third kappa shape index (κ3) is 2.21. The highest BCUT2D eigenvalue weighted by atomic mass is 35.5. The van der Waals surface area contributed by atoms with Gasteiger partial charge in [0.1, 0.15) is 11.3 Å². The van der Waals surface area contributed by atoms with E-state index < -0.39 is 0 Å². The summed E-state index contributed by atoms with van der Waals surface area (Å²) in [6, 6.07) is 5.47. The van der Waals surface area contributed by atoms with E-state index >= 15 is 0 Å². The number of alkyl halides is 1. The number of para-hydroxylation sites is 1. The Morgan fingerprint density at radius 1 is 1.45 bits per heavy atom. The molecule has 0 bridgehead atoms. The van der Waals surface area contributed by atoms with Gasteiger partial charge in [0, 0.05) is 12.6 Å². The van der Waals surface area contributed by atoms with Crippen molar-refractivity contribution in [2.45, 2.75) is 25.3 Å². The molecule has 1 saturated heterocycles. The van der Waals surface area contributed by atoms with E-state index in [0.717, 1.165) is 30.9 Å². The second kappa shape index (κ2) is 5.34. The van der Waals surface area contributed by atoms with E-state index in [-0.39, 0.29) is 5.82 Å². The van der Waals surface area contributed by atoms with Gasteiger partial charge in [0.05, 0.1) is 11.4 Å². The standard InChI is InChI=1S/C15H19ClFN3/c1-10-9-19(2)7-6-12(10)20-13-5-3-4-11(17)15(13)18-14(20)8-16/h3-5,10,12H,6-9H2,1-2H3.